The first kappa shape index (κ1) is 14.9. The number of anilines is 1. The van der Waals surface area contributed by atoms with Gasteiger partial charge in [0.15, 0.2) is 12.3 Å². The lowest BCUT2D eigenvalue weighted by molar-refractivity contribution is -0.145. The van der Waals surface area contributed by atoms with E-state index in [1.165, 1.54) is 0 Å². The van der Waals surface area contributed by atoms with Crippen LogP contribution in [0, 0.1) is 0 Å². The van der Waals surface area contributed by atoms with E-state index in [-0.39, 0.29) is 18.2 Å². The van der Waals surface area contributed by atoms with Crippen molar-refractivity contribution in [2.75, 3.05) is 18.5 Å². The molecule has 1 amide bonds. The van der Waals surface area contributed by atoms with Crippen molar-refractivity contribution in [2.45, 2.75) is 6.92 Å². The smallest absolute Gasteiger partial charge is 0.344 e. The van der Waals surface area contributed by atoms with E-state index in [4.69, 9.17) is 9.47 Å². The van der Waals surface area contributed by atoms with Crippen LogP contribution in [-0.2, 0) is 9.53 Å². The highest BCUT2D eigenvalue weighted by Gasteiger charge is 2.09. The van der Waals surface area contributed by atoms with Crippen LogP contribution in [0.2, 0.25) is 0 Å². The van der Waals surface area contributed by atoms with Crippen LogP contribution < -0.4 is 10.1 Å². The fourth-order valence-electron chi connectivity index (χ4n) is 1.47. The van der Waals surface area contributed by atoms with Gasteiger partial charge in [-0.2, -0.15) is 0 Å². The largest absolute Gasteiger partial charge is 0.482 e. The van der Waals surface area contributed by atoms with Crippen molar-refractivity contribution < 1.29 is 19.1 Å². The summed E-state index contributed by atoms with van der Waals surface area (Å²) in [5, 5.41) is 7.90. The average Bonchev–Trinajstić information content (AvgIpc) is 3.00. The van der Waals surface area contributed by atoms with Crippen LogP contribution in [0.3, 0.4) is 0 Å². The molecule has 21 heavy (non-hydrogen) atoms. The molecule has 0 aliphatic carbocycles. The second kappa shape index (κ2) is 7.34. The highest BCUT2D eigenvalue weighted by atomic mass is 32.1. The minimum absolute atomic E-state index is 0.179. The van der Waals surface area contributed by atoms with E-state index >= 15 is 0 Å². The van der Waals surface area contributed by atoms with Crippen LogP contribution in [-0.4, -0.2) is 34.7 Å². The third-order valence-corrected chi connectivity index (χ3v) is 2.85. The van der Waals surface area contributed by atoms with Gasteiger partial charge in [0.25, 0.3) is 5.91 Å². The van der Waals surface area contributed by atoms with Gasteiger partial charge in [0.05, 0.1) is 6.61 Å². The number of nitrogens with zero attached hydrogens (tertiary/aromatic N) is 2. The number of esters is 1. The number of nitrogens with one attached hydrogen (secondary N) is 1. The molecule has 1 aromatic carbocycles. The molecular formula is C13H13N3O4S. The molecule has 1 aromatic heterocycles. The molecule has 8 heteroatoms. The predicted molar refractivity (Wildman–Crippen MR) is 76.4 cm³/mol. The summed E-state index contributed by atoms with van der Waals surface area (Å²) in [6.07, 6.45) is 0. The first-order chi connectivity index (χ1) is 10.2. The van der Waals surface area contributed by atoms with E-state index in [0.29, 0.717) is 18.0 Å². The van der Waals surface area contributed by atoms with Crippen LogP contribution in [0.15, 0.2) is 29.6 Å². The zero-order valence-corrected chi connectivity index (χ0v) is 12.1. The molecule has 0 aliphatic heterocycles. The summed E-state index contributed by atoms with van der Waals surface area (Å²) in [6, 6.07) is 6.69. The highest BCUT2D eigenvalue weighted by Crippen LogP contribution is 2.18. The van der Waals surface area contributed by atoms with Gasteiger partial charge in [-0.25, -0.2) is 4.79 Å². The SMILES string of the molecule is CCOC(=O)COc1cccc(NC(=O)c2csnn2)c1. The molecule has 0 fully saturated rings. The third kappa shape index (κ3) is 4.53. The van der Waals surface area contributed by atoms with Crippen molar-refractivity contribution in [3.63, 3.8) is 0 Å². The van der Waals surface area contributed by atoms with Crippen molar-refractivity contribution in [1.29, 1.82) is 0 Å². The molecule has 110 valence electrons. The Hall–Kier alpha value is -2.48. The van der Waals surface area contributed by atoms with Crippen molar-refractivity contribution in [3.8, 4) is 5.75 Å². The number of aromatic nitrogens is 2. The lowest BCUT2D eigenvalue weighted by atomic mass is 10.3. The molecule has 2 rings (SSSR count). The van der Waals surface area contributed by atoms with Crippen molar-refractivity contribution in [1.82, 2.24) is 9.59 Å². The molecule has 0 unspecified atom stereocenters. The Morgan fingerprint density at radius 3 is 2.95 bits per heavy atom. The van der Waals surface area contributed by atoms with Gasteiger partial charge >= 0.3 is 5.97 Å². The van der Waals surface area contributed by atoms with E-state index in [2.05, 4.69) is 14.9 Å². The molecule has 0 saturated heterocycles. The number of hydrogen-bond acceptors (Lipinski definition) is 7. The monoisotopic (exact) mass is 307 g/mol. The van der Waals surface area contributed by atoms with Gasteiger partial charge in [-0.1, -0.05) is 10.6 Å². The lowest BCUT2D eigenvalue weighted by Gasteiger charge is -2.08. The van der Waals surface area contributed by atoms with Crippen LogP contribution >= 0.6 is 11.5 Å². The fraction of sp³-hybridized carbons (Fsp3) is 0.231. The van der Waals surface area contributed by atoms with Gasteiger partial charge in [-0.15, -0.1) is 5.10 Å². The average molecular weight is 307 g/mol. The van der Waals surface area contributed by atoms with E-state index in [9.17, 15) is 9.59 Å². The summed E-state index contributed by atoms with van der Waals surface area (Å²) in [5.41, 5.74) is 0.784. The van der Waals surface area contributed by atoms with Gasteiger partial charge in [-0.3, -0.25) is 4.79 Å². The van der Waals surface area contributed by atoms with Gasteiger partial charge in [-0.05, 0) is 30.6 Å². The molecule has 0 radical (unpaired) electrons. The number of ether oxygens (including phenoxy) is 2. The van der Waals surface area contributed by atoms with E-state index < -0.39 is 5.97 Å². The summed E-state index contributed by atoms with van der Waals surface area (Å²) in [4.78, 5) is 23.0. The van der Waals surface area contributed by atoms with Gasteiger partial charge in [0.1, 0.15) is 5.75 Å². The molecular weight excluding hydrogens is 294 g/mol. The standard InChI is InChI=1S/C13H13N3O4S/c1-2-19-12(17)7-20-10-5-3-4-9(6-10)14-13(18)11-8-21-16-15-11/h3-6,8H,2,7H2,1H3,(H,14,18). The van der Waals surface area contributed by atoms with Gasteiger partial charge in [0, 0.05) is 17.1 Å². The number of hydrogen-bond donors (Lipinski definition) is 1. The topological polar surface area (TPSA) is 90.4 Å². The van der Waals surface area contributed by atoms with E-state index in [1.54, 1.807) is 36.6 Å². The summed E-state index contributed by atoms with van der Waals surface area (Å²) in [7, 11) is 0. The first-order valence-corrected chi connectivity index (χ1v) is 6.99. The normalized spacial score (nSPS) is 9.95. The quantitative estimate of drug-likeness (QED) is 0.817. The Labute approximate surface area is 125 Å². The maximum absolute atomic E-state index is 11.8. The van der Waals surface area contributed by atoms with E-state index in [1.807, 2.05) is 0 Å². The molecule has 2 aromatic rings. The second-order valence-corrected chi connectivity index (χ2v) is 4.48. The molecule has 0 spiro atoms. The Morgan fingerprint density at radius 2 is 2.24 bits per heavy atom. The number of carbonyl (C=O) groups is 2. The van der Waals surface area contributed by atoms with Gasteiger partial charge in [0.2, 0.25) is 0 Å². The maximum Gasteiger partial charge on any atom is 0.344 e. The number of amides is 1. The first-order valence-electron chi connectivity index (χ1n) is 6.16. The van der Waals surface area contributed by atoms with Crippen LogP contribution in [0.5, 0.6) is 5.75 Å². The van der Waals surface area contributed by atoms with Gasteiger partial charge < -0.3 is 14.8 Å². The Bertz CT molecular complexity index is 616. The number of carbonyl (C=O) groups excluding carboxylic acids is 2. The van der Waals surface area contributed by atoms with E-state index in [0.717, 1.165) is 11.5 Å². The van der Waals surface area contributed by atoms with Crippen LogP contribution in [0.1, 0.15) is 17.4 Å². The third-order valence-electron chi connectivity index (χ3n) is 2.35. The minimum atomic E-state index is -0.444. The zero-order chi connectivity index (χ0) is 15.1. The Morgan fingerprint density at radius 1 is 1.38 bits per heavy atom. The number of benzene rings is 1. The molecule has 7 nitrogen and oxygen atoms in total. The highest BCUT2D eigenvalue weighted by molar-refractivity contribution is 7.03. The minimum Gasteiger partial charge on any atom is -0.482 e. The molecule has 0 bridgehead atoms. The van der Waals surface area contributed by atoms with Crippen molar-refractivity contribution in [2.24, 2.45) is 0 Å². The lowest BCUT2D eigenvalue weighted by Crippen LogP contribution is -2.15. The summed E-state index contributed by atoms with van der Waals surface area (Å²) in [6.45, 7) is 1.85. The fourth-order valence-corrected chi connectivity index (χ4v) is 1.90. The molecule has 1 N–H and O–H groups in total. The van der Waals surface area contributed by atoms with Crippen molar-refractivity contribution >= 4 is 29.1 Å². The molecule has 0 aliphatic rings. The molecule has 1 heterocycles. The van der Waals surface area contributed by atoms with Crippen LogP contribution in [0.25, 0.3) is 0 Å². The van der Waals surface area contributed by atoms with Crippen molar-refractivity contribution in [3.05, 3.63) is 35.3 Å². The molecule has 0 saturated carbocycles. The Balaban J connectivity index is 1.94. The summed E-state index contributed by atoms with van der Waals surface area (Å²) >= 11 is 1.10. The summed E-state index contributed by atoms with van der Waals surface area (Å²) < 4.78 is 13.7. The predicted octanol–water partition coefficient (Wildman–Crippen LogP) is 1.73. The zero-order valence-electron chi connectivity index (χ0n) is 11.2. The number of rotatable bonds is 6. The molecule has 0 atom stereocenters. The van der Waals surface area contributed by atoms with Crippen LogP contribution in [0.4, 0.5) is 5.69 Å². The second-order valence-electron chi connectivity index (χ2n) is 3.87. The summed E-state index contributed by atoms with van der Waals surface area (Å²) in [5.74, 6) is -0.343. The maximum atomic E-state index is 11.8. The Kier molecular flexibility index (Phi) is 5.22.